The molecule has 8 atom stereocenters. The van der Waals surface area contributed by atoms with Crippen molar-refractivity contribution in [1.82, 2.24) is 0 Å². The number of rotatable bonds is 3. The molecule has 0 bridgehead atoms. The first-order chi connectivity index (χ1) is 14.5. The van der Waals surface area contributed by atoms with Crippen molar-refractivity contribution in [3.05, 3.63) is 35.9 Å². The van der Waals surface area contributed by atoms with Gasteiger partial charge in [-0.05, 0) is 112 Å². The van der Waals surface area contributed by atoms with Crippen molar-refractivity contribution in [3.63, 3.8) is 0 Å². The minimum atomic E-state index is -0.167. The molecule has 0 spiro atoms. The fourth-order valence-corrected chi connectivity index (χ4v) is 8.28. The number of ether oxygens (including phenoxy) is 1. The normalized spacial score (nSPS) is 42.5. The molecule has 0 aromatic heterocycles. The van der Waals surface area contributed by atoms with Gasteiger partial charge >= 0.3 is 5.97 Å². The molecule has 1 aromatic carbocycles. The summed E-state index contributed by atoms with van der Waals surface area (Å²) in [5.41, 5.74) is 1.05. The van der Waals surface area contributed by atoms with Gasteiger partial charge in [0.25, 0.3) is 0 Å². The van der Waals surface area contributed by atoms with E-state index in [9.17, 15) is 9.59 Å². The van der Waals surface area contributed by atoms with Crippen LogP contribution in [-0.2, 0) is 9.53 Å². The van der Waals surface area contributed by atoms with Crippen LogP contribution in [0.25, 0.3) is 0 Å². The van der Waals surface area contributed by atoms with E-state index in [4.69, 9.17) is 4.74 Å². The van der Waals surface area contributed by atoms with Crippen molar-refractivity contribution in [2.75, 3.05) is 0 Å². The van der Waals surface area contributed by atoms with E-state index in [1.54, 1.807) is 0 Å². The first-order valence-electron chi connectivity index (χ1n) is 12.2. The van der Waals surface area contributed by atoms with Crippen molar-refractivity contribution in [3.8, 4) is 0 Å². The van der Waals surface area contributed by atoms with Gasteiger partial charge in [0.15, 0.2) is 0 Å². The average Bonchev–Trinajstić information content (AvgIpc) is 3.19. The molecule has 0 aliphatic heterocycles. The van der Waals surface area contributed by atoms with Crippen LogP contribution in [0.4, 0.5) is 0 Å². The molecular formula is C27H36O3. The van der Waals surface area contributed by atoms with Crippen LogP contribution in [0.15, 0.2) is 30.3 Å². The molecule has 4 aliphatic rings. The number of carbonyl (C=O) groups is 2. The van der Waals surface area contributed by atoms with E-state index >= 15 is 0 Å². The van der Waals surface area contributed by atoms with Crippen LogP contribution in [0.3, 0.4) is 0 Å². The van der Waals surface area contributed by atoms with Gasteiger partial charge in [-0.2, -0.15) is 0 Å². The molecule has 4 saturated carbocycles. The molecule has 0 amide bonds. The second-order valence-corrected chi connectivity index (χ2v) is 10.9. The zero-order chi connectivity index (χ0) is 20.9. The van der Waals surface area contributed by atoms with Gasteiger partial charge in [0.1, 0.15) is 11.9 Å². The fraction of sp³-hybridized carbons (Fsp3) is 0.704. The van der Waals surface area contributed by atoms with Crippen LogP contribution >= 0.6 is 0 Å². The van der Waals surface area contributed by atoms with Crippen LogP contribution in [0.5, 0.6) is 0 Å². The summed E-state index contributed by atoms with van der Waals surface area (Å²) in [6.45, 7) is 4.36. The second kappa shape index (κ2) is 7.80. The number of Topliss-reactive ketones (excluding diaryl/α,β-unsaturated/α-hetero) is 1. The summed E-state index contributed by atoms with van der Waals surface area (Å²) in [7, 11) is 0. The molecule has 0 radical (unpaired) electrons. The van der Waals surface area contributed by atoms with Gasteiger partial charge in [-0.15, -0.1) is 0 Å². The lowest BCUT2D eigenvalue weighted by molar-refractivity contribution is -0.127. The maximum Gasteiger partial charge on any atom is 0.338 e. The van der Waals surface area contributed by atoms with E-state index in [1.165, 1.54) is 38.5 Å². The molecule has 0 heterocycles. The van der Waals surface area contributed by atoms with Crippen LogP contribution < -0.4 is 0 Å². The van der Waals surface area contributed by atoms with E-state index in [0.29, 0.717) is 34.5 Å². The number of benzene rings is 1. The van der Waals surface area contributed by atoms with Crippen LogP contribution in [0.2, 0.25) is 0 Å². The molecule has 4 aliphatic carbocycles. The number of hydrogen-bond acceptors (Lipinski definition) is 3. The first kappa shape index (κ1) is 20.3. The Morgan fingerprint density at radius 1 is 0.900 bits per heavy atom. The molecule has 4 fully saturated rings. The molecule has 8 unspecified atom stereocenters. The average molecular weight is 409 g/mol. The van der Waals surface area contributed by atoms with E-state index in [1.807, 2.05) is 37.3 Å². The molecule has 5 rings (SSSR count). The van der Waals surface area contributed by atoms with Crippen molar-refractivity contribution in [2.45, 2.75) is 77.7 Å². The zero-order valence-electron chi connectivity index (χ0n) is 18.5. The predicted molar refractivity (Wildman–Crippen MR) is 117 cm³/mol. The monoisotopic (exact) mass is 408 g/mol. The highest BCUT2D eigenvalue weighted by atomic mass is 16.5. The highest BCUT2D eigenvalue weighted by Crippen LogP contribution is 2.64. The molecule has 1 aromatic rings. The highest BCUT2D eigenvalue weighted by Gasteiger charge is 2.57. The van der Waals surface area contributed by atoms with Gasteiger partial charge < -0.3 is 4.74 Å². The Morgan fingerprint density at radius 3 is 2.40 bits per heavy atom. The fourth-order valence-electron chi connectivity index (χ4n) is 8.28. The van der Waals surface area contributed by atoms with Crippen molar-refractivity contribution in [1.29, 1.82) is 0 Å². The zero-order valence-corrected chi connectivity index (χ0v) is 18.5. The summed E-state index contributed by atoms with van der Waals surface area (Å²) in [6, 6.07) is 9.40. The second-order valence-electron chi connectivity index (χ2n) is 10.9. The molecule has 0 saturated heterocycles. The Kier molecular flexibility index (Phi) is 5.27. The summed E-state index contributed by atoms with van der Waals surface area (Å²) >= 11 is 0. The van der Waals surface area contributed by atoms with E-state index in [2.05, 4.69) is 6.92 Å². The largest absolute Gasteiger partial charge is 0.459 e. The minimum absolute atomic E-state index is 0.0669. The van der Waals surface area contributed by atoms with Gasteiger partial charge in [0, 0.05) is 5.92 Å². The van der Waals surface area contributed by atoms with Gasteiger partial charge in [-0.1, -0.05) is 25.1 Å². The predicted octanol–water partition coefficient (Wildman–Crippen LogP) is 6.07. The molecule has 3 nitrogen and oxygen atoms in total. The van der Waals surface area contributed by atoms with E-state index < -0.39 is 0 Å². The summed E-state index contributed by atoms with van der Waals surface area (Å²) < 4.78 is 5.94. The minimum Gasteiger partial charge on any atom is -0.459 e. The number of hydrogen-bond donors (Lipinski definition) is 0. The molecule has 30 heavy (non-hydrogen) atoms. The Bertz CT molecular complexity index is 802. The first-order valence-corrected chi connectivity index (χ1v) is 12.2. The summed E-state index contributed by atoms with van der Waals surface area (Å²) in [4.78, 5) is 24.7. The molecule has 162 valence electrons. The third-order valence-corrected chi connectivity index (χ3v) is 9.74. The van der Waals surface area contributed by atoms with Gasteiger partial charge in [-0.25, -0.2) is 4.79 Å². The van der Waals surface area contributed by atoms with Gasteiger partial charge in [0.05, 0.1) is 5.56 Å². The van der Waals surface area contributed by atoms with Crippen molar-refractivity contribution < 1.29 is 14.3 Å². The maximum atomic E-state index is 12.5. The SMILES string of the molecule is CC(=O)C1CCC2C1CCC1C2CCC2CC(OC(=O)c3ccccc3)CCC21C. The number of esters is 1. The quantitative estimate of drug-likeness (QED) is 0.570. The number of fused-ring (bicyclic) bond motifs is 5. The Morgan fingerprint density at radius 2 is 1.63 bits per heavy atom. The number of ketones is 1. The smallest absolute Gasteiger partial charge is 0.338 e. The van der Waals surface area contributed by atoms with Crippen molar-refractivity contribution in [2.24, 2.45) is 40.9 Å². The standard InChI is InChI=1S/C27H36O3/c1-17(28)21-10-11-23-22(21)12-13-25-24(23)9-8-19-16-20(14-15-27(19,25)2)30-26(29)18-6-4-3-5-7-18/h3-7,19-25H,8-16H2,1-2H3. The topological polar surface area (TPSA) is 43.4 Å². The van der Waals surface area contributed by atoms with Crippen LogP contribution in [-0.4, -0.2) is 17.9 Å². The lowest BCUT2D eigenvalue weighted by Gasteiger charge is -2.59. The molecule has 3 heteroatoms. The van der Waals surface area contributed by atoms with Crippen molar-refractivity contribution >= 4 is 11.8 Å². The summed E-state index contributed by atoms with van der Waals surface area (Å²) in [5, 5.41) is 0. The lowest BCUT2D eigenvalue weighted by Crippen LogP contribution is -2.52. The van der Waals surface area contributed by atoms with Crippen LogP contribution in [0.1, 0.15) is 82.0 Å². The van der Waals surface area contributed by atoms with Gasteiger partial charge in [-0.3, -0.25) is 4.79 Å². The molecular weight excluding hydrogens is 372 g/mol. The van der Waals surface area contributed by atoms with Gasteiger partial charge in [0.2, 0.25) is 0 Å². The number of carbonyl (C=O) groups excluding carboxylic acids is 2. The molecule has 0 N–H and O–H groups in total. The van der Waals surface area contributed by atoms with Crippen LogP contribution in [0, 0.1) is 40.9 Å². The Hall–Kier alpha value is -1.64. The maximum absolute atomic E-state index is 12.5. The highest BCUT2D eigenvalue weighted by molar-refractivity contribution is 5.89. The Balaban J connectivity index is 1.26. The third kappa shape index (κ3) is 3.33. The lowest BCUT2D eigenvalue weighted by atomic mass is 9.47. The summed E-state index contributed by atoms with van der Waals surface area (Å²) in [6.07, 6.45) is 10.8. The Labute approximate surface area is 181 Å². The third-order valence-electron chi connectivity index (χ3n) is 9.74. The summed E-state index contributed by atoms with van der Waals surface area (Å²) in [5.74, 6) is 4.33. The van der Waals surface area contributed by atoms with E-state index in [0.717, 1.165) is 37.0 Å². The van der Waals surface area contributed by atoms with E-state index in [-0.39, 0.29) is 12.1 Å².